The van der Waals surface area contributed by atoms with Crippen LogP contribution in [0.15, 0.2) is 30.3 Å². The van der Waals surface area contributed by atoms with Crippen molar-refractivity contribution < 1.29 is 14.1 Å². The number of nitrogens with two attached hydrogens (primary N) is 1. The lowest BCUT2D eigenvalue weighted by Gasteiger charge is -2.09. The van der Waals surface area contributed by atoms with Gasteiger partial charge in [-0.1, -0.05) is 18.2 Å². The van der Waals surface area contributed by atoms with Crippen molar-refractivity contribution in [2.24, 2.45) is 5.50 Å². The second-order valence-corrected chi connectivity index (χ2v) is 3.15. The molecule has 2 N–H and O–H groups in total. The summed E-state index contributed by atoms with van der Waals surface area (Å²) in [6, 6.07) is 9.13. The van der Waals surface area contributed by atoms with Gasteiger partial charge in [-0.25, -0.2) is 0 Å². The lowest BCUT2D eigenvalue weighted by atomic mass is 10.3. The molecule has 1 atom stereocenters. The quantitative estimate of drug-likeness (QED) is 0.451. The van der Waals surface area contributed by atoms with Gasteiger partial charge < -0.3 is 9.41 Å². The minimum Gasteiger partial charge on any atom is -0.331 e. The highest BCUT2D eigenvalue weighted by atomic mass is 31.2. The van der Waals surface area contributed by atoms with Crippen LogP contribution in [-0.2, 0) is 9.20 Å². The molecule has 0 spiro atoms. The Bertz CT molecular complexity index is 232. The van der Waals surface area contributed by atoms with Gasteiger partial charge in [-0.3, -0.25) is 5.50 Å². The van der Waals surface area contributed by atoms with Gasteiger partial charge in [-0.05, 0) is 19.1 Å². The van der Waals surface area contributed by atoms with Gasteiger partial charge in [-0.15, -0.1) is 4.67 Å². The molecule has 4 nitrogen and oxygen atoms in total. The molecule has 0 amide bonds. The monoisotopic (exact) mass is 201 g/mol. The summed E-state index contributed by atoms with van der Waals surface area (Å²) in [6.07, 6.45) is 0. The van der Waals surface area contributed by atoms with E-state index in [1.54, 1.807) is 12.1 Å². The molecule has 13 heavy (non-hydrogen) atoms. The largest absolute Gasteiger partial charge is 0.331 e. The molecular weight excluding hydrogens is 189 g/mol. The van der Waals surface area contributed by atoms with Crippen LogP contribution in [0.4, 0.5) is 0 Å². The van der Waals surface area contributed by atoms with E-state index >= 15 is 0 Å². The van der Waals surface area contributed by atoms with E-state index in [1.807, 2.05) is 25.1 Å². The van der Waals surface area contributed by atoms with Crippen LogP contribution in [-0.4, -0.2) is 6.61 Å². The molecule has 1 unspecified atom stereocenters. The van der Waals surface area contributed by atoms with Crippen LogP contribution in [0, 0.1) is 0 Å². The van der Waals surface area contributed by atoms with Crippen LogP contribution in [0.3, 0.4) is 0 Å². The molecule has 0 aromatic heterocycles. The van der Waals surface area contributed by atoms with Crippen LogP contribution >= 0.6 is 8.53 Å². The molecule has 5 heteroatoms. The fourth-order valence-corrected chi connectivity index (χ4v) is 1.16. The summed E-state index contributed by atoms with van der Waals surface area (Å²) in [5, 5.41) is 0. The number of hydrogen-bond donors (Lipinski definition) is 1. The van der Waals surface area contributed by atoms with Crippen LogP contribution in [0.25, 0.3) is 0 Å². The Hall–Kier alpha value is -0.670. The summed E-state index contributed by atoms with van der Waals surface area (Å²) < 4.78 is 9.75. The normalized spacial score (nSPS) is 12.5. The van der Waals surface area contributed by atoms with Gasteiger partial charge in [-0.2, -0.15) is 0 Å². The van der Waals surface area contributed by atoms with Crippen molar-refractivity contribution in [1.29, 1.82) is 0 Å². The standard InChI is InChI=1S/C8H12NO3P/c1-2-10-13(9)12-11-8-6-4-3-5-7-8/h3-7H,2,9H2,1H3. The van der Waals surface area contributed by atoms with Crippen molar-refractivity contribution in [1.82, 2.24) is 0 Å². The Kier molecular flexibility index (Phi) is 4.72. The minimum absolute atomic E-state index is 0.514. The Morgan fingerprint density at radius 2 is 2.00 bits per heavy atom. The lowest BCUT2D eigenvalue weighted by Crippen LogP contribution is -2.01. The average Bonchev–Trinajstić information content (AvgIpc) is 2.17. The van der Waals surface area contributed by atoms with Crippen molar-refractivity contribution in [2.75, 3.05) is 6.61 Å². The summed E-state index contributed by atoms with van der Waals surface area (Å²) in [7, 11) is -1.43. The molecule has 0 saturated carbocycles. The first-order valence-corrected chi connectivity index (χ1v) is 5.15. The highest BCUT2D eigenvalue weighted by Crippen LogP contribution is 2.29. The SMILES string of the molecule is CCOP(N)OOc1ccccc1. The highest BCUT2D eigenvalue weighted by molar-refractivity contribution is 7.44. The molecular formula is C8H12NO3P. The van der Waals surface area contributed by atoms with E-state index in [2.05, 4.69) is 0 Å². The molecule has 0 radical (unpaired) electrons. The van der Waals surface area contributed by atoms with Crippen molar-refractivity contribution in [3.8, 4) is 5.75 Å². The zero-order valence-corrected chi connectivity index (χ0v) is 8.24. The van der Waals surface area contributed by atoms with Crippen LogP contribution in [0.5, 0.6) is 5.75 Å². The maximum atomic E-state index is 5.43. The minimum atomic E-state index is -1.43. The fourth-order valence-electron chi connectivity index (χ4n) is 0.705. The van der Waals surface area contributed by atoms with Gasteiger partial charge in [0, 0.05) is 0 Å². The van der Waals surface area contributed by atoms with Gasteiger partial charge in [0.15, 0.2) is 5.75 Å². The predicted octanol–water partition coefficient (Wildman–Crippen LogP) is 2.22. The summed E-state index contributed by atoms with van der Waals surface area (Å²) in [4.78, 5) is 4.90. The Morgan fingerprint density at radius 3 is 2.62 bits per heavy atom. The molecule has 0 heterocycles. The zero-order valence-electron chi connectivity index (χ0n) is 7.34. The molecule has 0 saturated heterocycles. The van der Waals surface area contributed by atoms with Crippen LogP contribution in [0.1, 0.15) is 6.92 Å². The molecule has 1 rings (SSSR count). The first-order chi connectivity index (χ1) is 6.33. The van der Waals surface area contributed by atoms with E-state index in [0.29, 0.717) is 12.4 Å². The number of para-hydroxylation sites is 1. The number of hydrogen-bond acceptors (Lipinski definition) is 4. The Morgan fingerprint density at radius 1 is 1.31 bits per heavy atom. The van der Waals surface area contributed by atoms with E-state index in [9.17, 15) is 0 Å². The summed E-state index contributed by atoms with van der Waals surface area (Å²) in [6.45, 7) is 2.36. The molecule has 0 fully saturated rings. The number of rotatable bonds is 5. The highest BCUT2D eigenvalue weighted by Gasteiger charge is 2.04. The van der Waals surface area contributed by atoms with Gasteiger partial charge in [0.1, 0.15) is 0 Å². The van der Waals surface area contributed by atoms with Crippen molar-refractivity contribution in [3.63, 3.8) is 0 Å². The third-order valence-corrected chi connectivity index (χ3v) is 1.94. The van der Waals surface area contributed by atoms with Crippen molar-refractivity contribution in [3.05, 3.63) is 30.3 Å². The smallest absolute Gasteiger partial charge is 0.300 e. The molecule has 72 valence electrons. The first-order valence-electron chi connectivity index (χ1n) is 3.90. The first kappa shape index (κ1) is 10.4. The summed E-state index contributed by atoms with van der Waals surface area (Å²) in [5.74, 6) is 0.611. The van der Waals surface area contributed by atoms with E-state index < -0.39 is 8.53 Å². The molecule has 0 bridgehead atoms. The predicted molar refractivity (Wildman–Crippen MR) is 50.9 cm³/mol. The van der Waals surface area contributed by atoms with E-state index in [0.717, 1.165) is 0 Å². The van der Waals surface area contributed by atoms with Gasteiger partial charge >= 0.3 is 0 Å². The summed E-state index contributed by atoms with van der Waals surface area (Å²) in [5.41, 5.74) is 5.43. The molecule has 1 aromatic carbocycles. The van der Waals surface area contributed by atoms with Crippen LogP contribution in [0.2, 0.25) is 0 Å². The van der Waals surface area contributed by atoms with E-state index in [-0.39, 0.29) is 0 Å². The van der Waals surface area contributed by atoms with E-state index in [4.69, 9.17) is 19.6 Å². The lowest BCUT2D eigenvalue weighted by molar-refractivity contribution is -0.101. The molecule has 0 aliphatic rings. The zero-order chi connectivity index (χ0) is 9.52. The molecule has 0 aliphatic heterocycles. The third kappa shape index (κ3) is 4.20. The number of benzene rings is 1. The maximum absolute atomic E-state index is 5.43. The second-order valence-electron chi connectivity index (χ2n) is 2.17. The maximum Gasteiger partial charge on any atom is 0.300 e. The van der Waals surface area contributed by atoms with Crippen molar-refractivity contribution in [2.45, 2.75) is 6.92 Å². The topological polar surface area (TPSA) is 53.7 Å². The second kappa shape index (κ2) is 5.89. The van der Waals surface area contributed by atoms with E-state index in [1.165, 1.54) is 0 Å². The average molecular weight is 201 g/mol. The molecule has 0 aliphatic carbocycles. The Labute approximate surface area is 78.5 Å². The van der Waals surface area contributed by atoms with Crippen molar-refractivity contribution >= 4 is 8.53 Å². The third-order valence-electron chi connectivity index (χ3n) is 1.21. The summed E-state index contributed by atoms with van der Waals surface area (Å²) >= 11 is 0. The van der Waals surface area contributed by atoms with Gasteiger partial charge in [0.2, 0.25) is 0 Å². The fraction of sp³-hybridized carbons (Fsp3) is 0.250. The molecule has 1 aromatic rings. The Balaban J connectivity index is 2.27. The van der Waals surface area contributed by atoms with Crippen LogP contribution < -0.4 is 10.4 Å². The van der Waals surface area contributed by atoms with Gasteiger partial charge in [0.05, 0.1) is 6.61 Å². The van der Waals surface area contributed by atoms with Gasteiger partial charge in [0.25, 0.3) is 8.53 Å².